The number of aliphatic hydroxyl groups excluding tert-OH is 2. The van der Waals surface area contributed by atoms with Crippen LogP contribution in [0, 0.1) is 0 Å². The highest BCUT2D eigenvalue weighted by Crippen LogP contribution is 2.28. The maximum atomic E-state index is 11.0. The molecule has 10 nitrogen and oxygen atoms in total. The van der Waals surface area contributed by atoms with E-state index in [0.717, 1.165) is 0 Å². The number of carbonyl (C=O) groups is 1. The molecule has 1 aliphatic rings. The van der Waals surface area contributed by atoms with Crippen LogP contribution in [0.5, 0.6) is 0 Å². The fraction of sp³-hybridized carbons (Fsp3) is 0.857. The third-order valence-electron chi connectivity index (χ3n) is 2.29. The summed E-state index contributed by atoms with van der Waals surface area (Å²) in [6.07, 6.45) is -5.37. The molecule has 4 atom stereocenters. The van der Waals surface area contributed by atoms with Gasteiger partial charge in [-0.3, -0.25) is 4.79 Å². The zero-order valence-electron chi connectivity index (χ0n) is 9.22. The van der Waals surface area contributed by atoms with Crippen LogP contribution in [0.15, 0.2) is 0 Å². The van der Waals surface area contributed by atoms with Gasteiger partial charge in [-0.1, -0.05) is 0 Å². The lowest BCUT2D eigenvalue weighted by molar-refractivity contribution is -0.355. The molecule has 1 saturated heterocycles. The van der Waals surface area contributed by atoms with Crippen LogP contribution in [0.25, 0.3) is 0 Å². The number of phosphoric ester groups is 1. The van der Waals surface area contributed by atoms with Crippen LogP contribution in [-0.2, 0) is 18.6 Å². The van der Waals surface area contributed by atoms with Crippen molar-refractivity contribution in [3.63, 3.8) is 0 Å². The maximum Gasteiger partial charge on any atom is 0.277 e. The Morgan fingerprint density at radius 2 is 2.06 bits per heavy atom. The van der Waals surface area contributed by atoms with Crippen molar-refractivity contribution >= 4 is 13.7 Å². The summed E-state index contributed by atoms with van der Waals surface area (Å²) in [7, 11) is -5.19. The summed E-state index contributed by atoms with van der Waals surface area (Å²) in [6, 6.07) is 0. The third kappa shape index (κ3) is 4.26. The molecule has 6 N–H and O–H groups in total. The predicted octanol–water partition coefficient (Wildman–Crippen LogP) is -5.36. The topological polar surface area (TPSA) is 179 Å². The SMILES string of the molecule is [NH3+]CC(=O)N[C@@H]1O[C@H](COP(=O)([O-])[O-])[C@@H](O)[C@H]1O. The van der Waals surface area contributed by atoms with E-state index in [-0.39, 0.29) is 6.54 Å². The standard InChI is InChI=1S/C7H15N2O8P/c8-1-4(10)9-7-6(12)5(11)3(17-7)2-16-18(13,14)15/h3,5-7,11-12H,1-2,8H2,(H,9,10)(H2,13,14,15)/p-1/t3-,5-,6-,7-/m1/s1. The molecule has 1 fully saturated rings. The second-order valence-electron chi connectivity index (χ2n) is 3.64. The summed E-state index contributed by atoms with van der Waals surface area (Å²) in [4.78, 5) is 31.5. The Hall–Kier alpha value is -0.580. The van der Waals surface area contributed by atoms with Gasteiger partial charge in [0, 0.05) is 0 Å². The lowest BCUT2D eigenvalue weighted by Crippen LogP contribution is -2.59. The molecule has 0 aromatic carbocycles. The van der Waals surface area contributed by atoms with Crippen molar-refractivity contribution in [3.8, 4) is 0 Å². The van der Waals surface area contributed by atoms with Gasteiger partial charge in [0.15, 0.2) is 12.8 Å². The van der Waals surface area contributed by atoms with E-state index in [4.69, 9.17) is 4.74 Å². The molecule has 1 rings (SSSR count). The molecule has 106 valence electrons. The molecule has 0 unspecified atom stereocenters. The molecule has 0 aliphatic carbocycles. The molecule has 0 aromatic heterocycles. The minimum atomic E-state index is -5.19. The molecule has 1 amide bonds. The van der Waals surface area contributed by atoms with Crippen molar-refractivity contribution in [2.75, 3.05) is 13.2 Å². The van der Waals surface area contributed by atoms with Gasteiger partial charge in [-0.25, -0.2) is 0 Å². The Bertz CT molecular complexity index is 346. The number of hydrogen-bond acceptors (Lipinski definition) is 8. The summed E-state index contributed by atoms with van der Waals surface area (Å²) in [5.41, 5.74) is 3.30. The van der Waals surface area contributed by atoms with Crippen molar-refractivity contribution < 1.29 is 44.4 Å². The number of carbonyl (C=O) groups excluding carboxylic acids is 1. The maximum absolute atomic E-state index is 11.0. The molecule has 0 spiro atoms. The fourth-order valence-electron chi connectivity index (χ4n) is 1.40. The first kappa shape index (κ1) is 15.5. The zero-order valence-corrected chi connectivity index (χ0v) is 10.1. The van der Waals surface area contributed by atoms with E-state index in [9.17, 15) is 29.4 Å². The van der Waals surface area contributed by atoms with Gasteiger partial charge in [-0.05, 0) is 0 Å². The van der Waals surface area contributed by atoms with Crippen LogP contribution in [-0.4, -0.2) is 53.8 Å². The quantitative estimate of drug-likeness (QED) is 0.361. The van der Waals surface area contributed by atoms with E-state index in [2.05, 4.69) is 15.6 Å². The number of quaternary nitrogens is 1. The third-order valence-corrected chi connectivity index (χ3v) is 2.75. The van der Waals surface area contributed by atoms with Crippen molar-refractivity contribution in [1.29, 1.82) is 0 Å². The number of amides is 1. The van der Waals surface area contributed by atoms with Gasteiger partial charge < -0.3 is 44.9 Å². The zero-order chi connectivity index (χ0) is 13.9. The first-order chi connectivity index (χ1) is 8.24. The highest BCUT2D eigenvalue weighted by Gasteiger charge is 2.43. The number of aliphatic hydroxyl groups is 2. The highest BCUT2D eigenvalue weighted by atomic mass is 31.2. The normalized spacial score (nSPS) is 32.5. The lowest BCUT2D eigenvalue weighted by atomic mass is 10.1. The van der Waals surface area contributed by atoms with E-state index in [1.54, 1.807) is 0 Å². The van der Waals surface area contributed by atoms with Crippen molar-refractivity contribution in [3.05, 3.63) is 0 Å². The van der Waals surface area contributed by atoms with Gasteiger partial charge >= 0.3 is 0 Å². The van der Waals surface area contributed by atoms with Crippen LogP contribution in [0.3, 0.4) is 0 Å². The van der Waals surface area contributed by atoms with E-state index < -0.39 is 44.9 Å². The first-order valence-corrected chi connectivity index (χ1v) is 6.47. The van der Waals surface area contributed by atoms with Crippen molar-refractivity contribution in [2.24, 2.45) is 0 Å². The van der Waals surface area contributed by atoms with Crippen LogP contribution in [0.4, 0.5) is 0 Å². The lowest BCUT2D eigenvalue weighted by Gasteiger charge is -2.30. The van der Waals surface area contributed by atoms with E-state index in [1.807, 2.05) is 0 Å². The molecule has 11 heteroatoms. The number of ether oxygens (including phenoxy) is 1. The molecule has 1 aliphatic heterocycles. The fourth-order valence-corrected chi connectivity index (χ4v) is 1.73. The minimum Gasteiger partial charge on any atom is -0.790 e. The Morgan fingerprint density at radius 3 is 2.56 bits per heavy atom. The summed E-state index contributed by atoms with van der Waals surface area (Å²) in [5.74, 6) is -0.522. The Kier molecular flexibility index (Phi) is 5.20. The molecule has 0 aromatic rings. The Labute approximate surface area is 102 Å². The molecule has 18 heavy (non-hydrogen) atoms. The van der Waals surface area contributed by atoms with Gasteiger partial charge in [-0.15, -0.1) is 0 Å². The second-order valence-corrected chi connectivity index (χ2v) is 4.79. The number of hydrogen-bond donors (Lipinski definition) is 4. The molecular weight excluding hydrogens is 271 g/mol. The van der Waals surface area contributed by atoms with E-state index in [1.165, 1.54) is 0 Å². The average molecular weight is 285 g/mol. The van der Waals surface area contributed by atoms with Crippen LogP contribution in [0.2, 0.25) is 0 Å². The van der Waals surface area contributed by atoms with Crippen LogP contribution in [0.1, 0.15) is 0 Å². The molecule has 0 radical (unpaired) electrons. The predicted molar refractivity (Wildman–Crippen MR) is 50.1 cm³/mol. The smallest absolute Gasteiger partial charge is 0.277 e. The summed E-state index contributed by atoms with van der Waals surface area (Å²) < 4.78 is 19.2. The van der Waals surface area contributed by atoms with Crippen molar-refractivity contribution in [2.45, 2.75) is 24.5 Å². The number of rotatable bonds is 5. The van der Waals surface area contributed by atoms with Crippen LogP contribution < -0.4 is 20.8 Å². The summed E-state index contributed by atoms with van der Waals surface area (Å²) in [6.45, 7) is -0.834. The molecule has 0 bridgehead atoms. The van der Waals surface area contributed by atoms with Crippen molar-refractivity contribution in [1.82, 2.24) is 5.32 Å². The largest absolute Gasteiger partial charge is 0.790 e. The molecular formula is C7H14N2O8P-. The highest BCUT2D eigenvalue weighted by molar-refractivity contribution is 7.43. The Morgan fingerprint density at radius 1 is 1.44 bits per heavy atom. The van der Waals surface area contributed by atoms with Gasteiger partial charge in [-0.2, -0.15) is 0 Å². The monoisotopic (exact) mass is 285 g/mol. The second kappa shape index (κ2) is 6.04. The average Bonchev–Trinajstić information content (AvgIpc) is 2.53. The minimum absolute atomic E-state index is 0.0971. The number of phosphoric acid groups is 1. The Balaban J connectivity index is 2.53. The van der Waals surface area contributed by atoms with Gasteiger partial charge in [0.25, 0.3) is 5.91 Å². The first-order valence-electron chi connectivity index (χ1n) is 5.01. The van der Waals surface area contributed by atoms with E-state index >= 15 is 0 Å². The number of nitrogens with one attached hydrogen (secondary N) is 1. The van der Waals surface area contributed by atoms with Gasteiger partial charge in [0.1, 0.15) is 18.3 Å². The molecule has 0 saturated carbocycles. The molecule has 1 heterocycles. The summed E-state index contributed by atoms with van der Waals surface area (Å²) >= 11 is 0. The van der Waals surface area contributed by atoms with E-state index in [0.29, 0.717) is 0 Å². The van der Waals surface area contributed by atoms with Gasteiger partial charge in [0.2, 0.25) is 0 Å². The van der Waals surface area contributed by atoms with Gasteiger partial charge in [0.05, 0.1) is 14.4 Å². The summed E-state index contributed by atoms with van der Waals surface area (Å²) in [5, 5.41) is 21.2. The van der Waals surface area contributed by atoms with Crippen LogP contribution >= 0.6 is 7.82 Å².